The first kappa shape index (κ1) is 20.5. The minimum absolute atomic E-state index is 0.0321. The van der Waals surface area contributed by atoms with Crippen molar-refractivity contribution in [1.82, 2.24) is 4.90 Å². The molecule has 5 nitrogen and oxygen atoms in total. The van der Waals surface area contributed by atoms with Crippen LogP contribution in [-0.2, 0) is 9.53 Å². The number of hydrogen-bond acceptors (Lipinski definition) is 3. The summed E-state index contributed by atoms with van der Waals surface area (Å²) in [6, 6.07) is 13.2. The molecule has 0 saturated heterocycles. The molecule has 1 spiro atoms. The average Bonchev–Trinajstić information content (AvgIpc) is 2.76. The quantitative estimate of drug-likeness (QED) is 0.797. The van der Waals surface area contributed by atoms with E-state index in [9.17, 15) is 14.0 Å². The highest BCUT2D eigenvalue weighted by molar-refractivity contribution is 6.05. The summed E-state index contributed by atoms with van der Waals surface area (Å²) in [5.74, 6) is -1.04. The molecule has 1 N–H and O–H groups in total. The zero-order chi connectivity index (χ0) is 21.1. The van der Waals surface area contributed by atoms with Gasteiger partial charge in [0, 0.05) is 24.9 Å². The number of ether oxygens (including phenoxy) is 1. The zero-order valence-electron chi connectivity index (χ0n) is 17.2. The second kappa shape index (κ2) is 8.56. The number of benzene rings is 2. The Morgan fingerprint density at radius 2 is 1.83 bits per heavy atom. The molecule has 1 saturated carbocycles. The summed E-state index contributed by atoms with van der Waals surface area (Å²) in [4.78, 5) is 29.0. The Hall–Kier alpha value is -2.73. The van der Waals surface area contributed by atoms with E-state index in [1.807, 2.05) is 23.1 Å². The lowest BCUT2D eigenvalue weighted by molar-refractivity contribution is -0.122. The predicted molar refractivity (Wildman–Crippen MR) is 113 cm³/mol. The van der Waals surface area contributed by atoms with Crippen molar-refractivity contribution >= 4 is 17.5 Å². The van der Waals surface area contributed by atoms with Crippen LogP contribution in [0.25, 0.3) is 0 Å². The third-order valence-electron chi connectivity index (χ3n) is 6.43. The maximum Gasteiger partial charge on any atom is 0.254 e. The van der Waals surface area contributed by atoms with Gasteiger partial charge in [0.1, 0.15) is 5.82 Å². The van der Waals surface area contributed by atoms with E-state index < -0.39 is 11.5 Å². The molecule has 1 aliphatic carbocycles. The van der Waals surface area contributed by atoms with Gasteiger partial charge < -0.3 is 15.0 Å². The van der Waals surface area contributed by atoms with E-state index in [0.717, 1.165) is 37.7 Å². The minimum atomic E-state index is -0.577. The number of rotatable bonds is 5. The molecule has 158 valence electrons. The fourth-order valence-corrected chi connectivity index (χ4v) is 5.10. The van der Waals surface area contributed by atoms with Crippen LogP contribution in [0.15, 0.2) is 48.5 Å². The van der Waals surface area contributed by atoms with E-state index in [1.165, 1.54) is 12.1 Å². The summed E-state index contributed by atoms with van der Waals surface area (Å²) in [5, 5.41) is 2.97. The maximum atomic E-state index is 13.6. The van der Waals surface area contributed by atoms with E-state index in [4.69, 9.17) is 4.74 Å². The summed E-state index contributed by atoms with van der Waals surface area (Å²) in [5.41, 5.74) is 1.32. The molecule has 1 heterocycles. The van der Waals surface area contributed by atoms with E-state index in [2.05, 4.69) is 5.32 Å². The SMILES string of the molecule is COCCN1C(=O)c2ccccc2C(C(=O)Nc2ccc(F)cc2)C12CCCCC2. The number of carbonyl (C=O) groups excluding carboxylic acids is 2. The number of hydrogen-bond donors (Lipinski definition) is 1. The second-order valence-electron chi connectivity index (χ2n) is 8.13. The maximum absolute atomic E-state index is 13.6. The summed E-state index contributed by atoms with van der Waals surface area (Å²) in [6.45, 7) is 0.867. The Bertz CT molecular complexity index is 922. The van der Waals surface area contributed by atoms with Gasteiger partial charge in [0.15, 0.2) is 0 Å². The number of amides is 2. The molecule has 0 aromatic heterocycles. The monoisotopic (exact) mass is 410 g/mol. The molecule has 1 atom stereocenters. The molecule has 1 unspecified atom stereocenters. The van der Waals surface area contributed by atoms with Crippen LogP contribution in [0, 0.1) is 5.82 Å². The third-order valence-corrected chi connectivity index (χ3v) is 6.43. The van der Waals surface area contributed by atoms with Crippen LogP contribution in [0.2, 0.25) is 0 Å². The van der Waals surface area contributed by atoms with Crippen LogP contribution in [0.5, 0.6) is 0 Å². The van der Waals surface area contributed by atoms with Crippen molar-refractivity contribution in [3.8, 4) is 0 Å². The second-order valence-corrected chi connectivity index (χ2v) is 8.13. The van der Waals surface area contributed by atoms with Crippen molar-refractivity contribution in [1.29, 1.82) is 0 Å². The fraction of sp³-hybridized carbons (Fsp3) is 0.417. The predicted octanol–water partition coefficient (Wildman–Crippen LogP) is 4.35. The van der Waals surface area contributed by atoms with Crippen LogP contribution in [0.4, 0.5) is 10.1 Å². The molecule has 0 bridgehead atoms. The lowest BCUT2D eigenvalue weighted by Gasteiger charge is -2.53. The van der Waals surface area contributed by atoms with E-state index in [1.54, 1.807) is 25.3 Å². The normalized spacial score (nSPS) is 20.1. The molecule has 4 rings (SSSR count). The van der Waals surface area contributed by atoms with Crippen LogP contribution >= 0.6 is 0 Å². The molecule has 1 aliphatic heterocycles. The Kier molecular flexibility index (Phi) is 5.86. The van der Waals surface area contributed by atoms with Crippen molar-refractivity contribution in [3.63, 3.8) is 0 Å². The Morgan fingerprint density at radius 3 is 2.53 bits per heavy atom. The first-order valence-electron chi connectivity index (χ1n) is 10.5. The van der Waals surface area contributed by atoms with Gasteiger partial charge in [0.25, 0.3) is 5.91 Å². The van der Waals surface area contributed by atoms with E-state index in [0.29, 0.717) is 24.4 Å². The van der Waals surface area contributed by atoms with Gasteiger partial charge in [-0.1, -0.05) is 37.5 Å². The van der Waals surface area contributed by atoms with Gasteiger partial charge >= 0.3 is 0 Å². The highest BCUT2D eigenvalue weighted by atomic mass is 19.1. The average molecular weight is 410 g/mol. The molecule has 1 fully saturated rings. The Morgan fingerprint density at radius 1 is 1.13 bits per heavy atom. The highest BCUT2D eigenvalue weighted by Crippen LogP contribution is 2.49. The van der Waals surface area contributed by atoms with Crippen LogP contribution in [0.3, 0.4) is 0 Å². The first-order valence-corrected chi connectivity index (χ1v) is 10.5. The van der Waals surface area contributed by atoms with Gasteiger partial charge in [-0.25, -0.2) is 4.39 Å². The first-order chi connectivity index (χ1) is 14.6. The number of methoxy groups -OCH3 is 1. The van der Waals surface area contributed by atoms with Crippen LogP contribution in [0.1, 0.15) is 53.9 Å². The largest absolute Gasteiger partial charge is 0.383 e. The standard InChI is InChI=1S/C24H27FN2O3/c1-30-16-15-27-23(29)20-8-4-3-7-19(20)21(24(27)13-5-2-6-14-24)22(28)26-18-11-9-17(25)10-12-18/h3-4,7-12,21H,2,5-6,13-16H2,1H3,(H,26,28). The fourth-order valence-electron chi connectivity index (χ4n) is 5.10. The smallest absolute Gasteiger partial charge is 0.254 e. The summed E-state index contributed by atoms with van der Waals surface area (Å²) in [7, 11) is 1.62. The number of nitrogens with zero attached hydrogens (tertiary/aromatic N) is 1. The molecule has 30 heavy (non-hydrogen) atoms. The summed E-state index contributed by atoms with van der Waals surface area (Å²) in [6.07, 6.45) is 4.59. The lowest BCUT2D eigenvalue weighted by Crippen LogP contribution is -2.62. The van der Waals surface area contributed by atoms with Gasteiger partial charge in [0.05, 0.1) is 18.1 Å². The molecule has 2 aromatic rings. The third kappa shape index (κ3) is 3.60. The topological polar surface area (TPSA) is 58.6 Å². The van der Waals surface area contributed by atoms with E-state index >= 15 is 0 Å². The van der Waals surface area contributed by atoms with Crippen LogP contribution < -0.4 is 5.32 Å². The Labute approximate surface area is 176 Å². The zero-order valence-corrected chi connectivity index (χ0v) is 17.2. The van der Waals surface area contributed by atoms with Gasteiger partial charge in [-0.15, -0.1) is 0 Å². The van der Waals surface area contributed by atoms with Gasteiger partial charge in [-0.3, -0.25) is 9.59 Å². The molecule has 2 aromatic carbocycles. The number of anilines is 1. The lowest BCUT2D eigenvalue weighted by atomic mass is 9.65. The van der Waals surface area contributed by atoms with Crippen LogP contribution in [-0.4, -0.2) is 42.5 Å². The number of fused-ring (bicyclic) bond motifs is 1. The van der Waals surface area contributed by atoms with Gasteiger partial charge in [-0.2, -0.15) is 0 Å². The van der Waals surface area contributed by atoms with Crippen molar-refractivity contribution in [2.75, 3.05) is 25.6 Å². The van der Waals surface area contributed by atoms with Crippen molar-refractivity contribution in [2.24, 2.45) is 0 Å². The summed E-state index contributed by atoms with van der Waals surface area (Å²) >= 11 is 0. The van der Waals surface area contributed by atoms with E-state index in [-0.39, 0.29) is 17.6 Å². The van der Waals surface area contributed by atoms with Crippen molar-refractivity contribution < 1.29 is 18.7 Å². The van der Waals surface area contributed by atoms with Crippen molar-refractivity contribution in [3.05, 3.63) is 65.5 Å². The molecular formula is C24H27FN2O3. The summed E-state index contributed by atoms with van der Waals surface area (Å²) < 4.78 is 18.6. The Balaban J connectivity index is 1.79. The molecule has 6 heteroatoms. The number of carbonyl (C=O) groups is 2. The molecule has 2 amide bonds. The van der Waals surface area contributed by atoms with Gasteiger partial charge in [0.2, 0.25) is 5.91 Å². The number of nitrogens with one attached hydrogen (secondary N) is 1. The number of halogens is 1. The molecule has 2 aliphatic rings. The molecular weight excluding hydrogens is 383 g/mol. The van der Waals surface area contributed by atoms with Crippen molar-refractivity contribution in [2.45, 2.75) is 43.6 Å². The minimum Gasteiger partial charge on any atom is -0.383 e. The highest BCUT2D eigenvalue weighted by Gasteiger charge is 2.54. The van der Waals surface area contributed by atoms with Gasteiger partial charge in [-0.05, 0) is 48.7 Å². The molecule has 0 radical (unpaired) electrons.